The van der Waals surface area contributed by atoms with E-state index in [2.05, 4.69) is 26.3 Å². The molecule has 0 saturated carbocycles. The minimum absolute atomic E-state index is 0. The molecular formula is C18H30IN5O2. The predicted molar refractivity (Wildman–Crippen MR) is 115 cm³/mol. The number of nitrogens with one attached hydrogen (secondary N) is 1. The number of rotatable bonds is 5. The SMILES string of the molecule is CCOC(=O)C1CCN(C(=NC)NCc2ccnc(N(C)C)c2)CC1.I. The van der Waals surface area contributed by atoms with Gasteiger partial charge in [0.2, 0.25) is 0 Å². The Morgan fingerprint density at radius 2 is 2.12 bits per heavy atom. The van der Waals surface area contributed by atoms with Crippen LogP contribution in [0.1, 0.15) is 25.3 Å². The third-order valence-electron chi connectivity index (χ3n) is 4.34. The molecule has 26 heavy (non-hydrogen) atoms. The Kier molecular flexibility index (Phi) is 9.68. The molecule has 0 aliphatic carbocycles. The molecule has 0 unspecified atom stereocenters. The Hall–Kier alpha value is -1.58. The van der Waals surface area contributed by atoms with Crippen molar-refractivity contribution in [2.75, 3.05) is 45.7 Å². The highest BCUT2D eigenvalue weighted by Gasteiger charge is 2.27. The van der Waals surface area contributed by atoms with Crippen LogP contribution in [0.25, 0.3) is 0 Å². The summed E-state index contributed by atoms with van der Waals surface area (Å²) in [6, 6.07) is 4.06. The number of likely N-dealkylation sites (tertiary alicyclic amines) is 1. The van der Waals surface area contributed by atoms with Crippen molar-refractivity contribution in [3.63, 3.8) is 0 Å². The number of nitrogens with zero attached hydrogens (tertiary/aromatic N) is 4. The van der Waals surface area contributed by atoms with E-state index in [0.717, 1.165) is 43.3 Å². The summed E-state index contributed by atoms with van der Waals surface area (Å²) in [4.78, 5) is 24.7. The van der Waals surface area contributed by atoms with E-state index in [4.69, 9.17) is 4.74 Å². The van der Waals surface area contributed by atoms with E-state index in [0.29, 0.717) is 13.2 Å². The number of halogens is 1. The Balaban J connectivity index is 0.00000338. The Morgan fingerprint density at radius 3 is 2.69 bits per heavy atom. The molecule has 0 bridgehead atoms. The monoisotopic (exact) mass is 475 g/mol. The van der Waals surface area contributed by atoms with Crippen molar-refractivity contribution in [1.29, 1.82) is 0 Å². The van der Waals surface area contributed by atoms with Gasteiger partial charge in [0.05, 0.1) is 12.5 Å². The van der Waals surface area contributed by atoms with Gasteiger partial charge in [-0.1, -0.05) is 0 Å². The average molecular weight is 475 g/mol. The Bertz CT molecular complexity index is 601. The number of guanidine groups is 1. The molecule has 2 rings (SSSR count). The Labute approximate surface area is 173 Å². The summed E-state index contributed by atoms with van der Waals surface area (Å²) in [5.41, 5.74) is 1.15. The molecule has 1 fully saturated rings. The number of pyridine rings is 1. The minimum Gasteiger partial charge on any atom is -0.466 e. The lowest BCUT2D eigenvalue weighted by atomic mass is 9.97. The van der Waals surface area contributed by atoms with Crippen molar-refractivity contribution in [2.45, 2.75) is 26.3 Å². The van der Waals surface area contributed by atoms with Gasteiger partial charge >= 0.3 is 5.97 Å². The van der Waals surface area contributed by atoms with Gasteiger partial charge in [-0.3, -0.25) is 9.79 Å². The molecular weight excluding hydrogens is 445 g/mol. The number of piperidine rings is 1. The van der Waals surface area contributed by atoms with Crippen LogP contribution in [-0.2, 0) is 16.1 Å². The number of carbonyl (C=O) groups excluding carboxylic acids is 1. The third-order valence-corrected chi connectivity index (χ3v) is 4.34. The fraction of sp³-hybridized carbons (Fsp3) is 0.611. The first-order valence-electron chi connectivity index (χ1n) is 8.79. The maximum Gasteiger partial charge on any atom is 0.309 e. The Morgan fingerprint density at radius 1 is 1.42 bits per heavy atom. The molecule has 1 aliphatic heterocycles. The van der Waals surface area contributed by atoms with Crippen LogP contribution in [0.15, 0.2) is 23.3 Å². The number of hydrogen-bond acceptors (Lipinski definition) is 5. The van der Waals surface area contributed by atoms with E-state index in [1.165, 1.54) is 0 Å². The average Bonchev–Trinajstić information content (AvgIpc) is 2.63. The number of hydrogen-bond donors (Lipinski definition) is 1. The summed E-state index contributed by atoms with van der Waals surface area (Å²) in [5.74, 6) is 1.74. The summed E-state index contributed by atoms with van der Waals surface area (Å²) in [6.45, 7) is 4.60. The molecule has 0 radical (unpaired) electrons. The van der Waals surface area contributed by atoms with Crippen molar-refractivity contribution in [3.05, 3.63) is 23.9 Å². The molecule has 0 amide bonds. The highest BCUT2D eigenvalue weighted by atomic mass is 127. The van der Waals surface area contributed by atoms with Gasteiger partial charge in [0.15, 0.2) is 5.96 Å². The second-order valence-electron chi connectivity index (χ2n) is 6.33. The number of anilines is 1. The number of ether oxygens (including phenoxy) is 1. The first-order valence-corrected chi connectivity index (χ1v) is 8.79. The lowest BCUT2D eigenvalue weighted by Crippen LogP contribution is -2.46. The molecule has 0 aromatic carbocycles. The van der Waals surface area contributed by atoms with E-state index < -0.39 is 0 Å². The van der Waals surface area contributed by atoms with Crippen LogP contribution in [0.2, 0.25) is 0 Å². The number of aliphatic imine (C=N–C) groups is 1. The quantitative estimate of drug-likeness (QED) is 0.305. The third kappa shape index (κ3) is 6.30. The first kappa shape index (κ1) is 22.5. The van der Waals surface area contributed by atoms with Crippen molar-refractivity contribution < 1.29 is 9.53 Å². The van der Waals surface area contributed by atoms with Crippen LogP contribution < -0.4 is 10.2 Å². The number of carbonyl (C=O) groups is 1. The second-order valence-corrected chi connectivity index (χ2v) is 6.33. The van der Waals surface area contributed by atoms with Gasteiger partial charge in [0, 0.05) is 47.0 Å². The van der Waals surface area contributed by atoms with Crippen molar-refractivity contribution >= 4 is 41.7 Å². The van der Waals surface area contributed by atoms with Gasteiger partial charge in [-0.15, -0.1) is 24.0 Å². The van der Waals surface area contributed by atoms with E-state index in [9.17, 15) is 4.79 Å². The van der Waals surface area contributed by atoms with Crippen molar-refractivity contribution in [3.8, 4) is 0 Å². The summed E-state index contributed by atoms with van der Waals surface area (Å²) in [7, 11) is 5.75. The van der Waals surface area contributed by atoms with Crippen LogP contribution >= 0.6 is 24.0 Å². The van der Waals surface area contributed by atoms with Gasteiger partial charge in [0.1, 0.15) is 5.82 Å². The zero-order valence-corrected chi connectivity index (χ0v) is 18.4. The normalized spacial score (nSPS) is 15.2. The predicted octanol–water partition coefficient (Wildman–Crippen LogP) is 2.12. The van der Waals surface area contributed by atoms with E-state index in [1.54, 1.807) is 7.05 Å². The molecule has 1 aliphatic rings. The van der Waals surface area contributed by atoms with Crippen molar-refractivity contribution in [1.82, 2.24) is 15.2 Å². The minimum atomic E-state index is -0.0712. The maximum absolute atomic E-state index is 11.8. The standard InChI is InChI=1S/C18H29N5O2.HI/c1-5-25-17(24)15-7-10-23(11-8-15)18(19-2)21-13-14-6-9-20-16(12-14)22(3)4;/h6,9,12,15H,5,7-8,10-11,13H2,1-4H3,(H,19,21);1H. The summed E-state index contributed by atoms with van der Waals surface area (Å²) in [5, 5.41) is 3.40. The molecule has 1 saturated heterocycles. The van der Waals surface area contributed by atoms with Crippen LogP contribution in [0.5, 0.6) is 0 Å². The van der Waals surface area contributed by atoms with Crippen LogP contribution in [0.4, 0.5) is 5.82 Å². The van der Waals surface area contributed by atoms with Gasteiger partial charge in [-0.25, -0.2) is 4.98 Å². The molecule has 0 spiro atoms. The first-order chi connectivity index (χ1) is 12.0. The fourth-order valence-electron chi connectivity index (χ4n) is 2.92. The number of aromatic nitrogens is 1. The molecule has 1 aromatic heterocycles. The van der Waals surface area contributed by atoms with Gasteiger partial charge in [0.25, 0.3) is 0 Å². The zero-order valence-electron chi connectivity index (χ0n) is 16.1. The fourth-order valence-corrected chi connectivity index (χ4v) is 2.92. The highest BCUT2D eigenvalue weighted by Crippen LogP contribution is 2.19. The maximum atomic E-state index is 11.8. The van der Waals surface area contributed by atoms with Crippen LogP contribution in [0.3, 0.4) is 0 Å². The molecule has 0 atom stereocenters. The molecule has 8 heteroatoms. The van der Waals surface area contributed by atoms with E-state index in [-0.39, 0.29) is 35.9 Å². The molecule has 7 nitrogen and oxygen atoms in total. The van der Waals surface area contributed by atoms with Gasteiger partial charge in [-0.2, -0.15) is 0 Å². The van der Waals surface area contributed by atoms with E-state index >= 15 is 0 Å². The molecule has 1 N–H and O–H groups in total. The van der Waals surface area contributed by atoms with Gasteiger partial charge in [-0.05, 0) is 37.5 Å². The number of esters is 1. The molecule has 2 heterocycles. The van der Waals surface area contributed by atoms with Crippen LogP contribution in [0, 0.1) is 5.92 Å². The summed E-state index contributed by atoms with van der Waals surface area (Å²) < 4.78 is 5.13. The second kappa shape index (κ2) is 11.2. The zero-order chi connectivity index (χ0) is 18.2. The summed E-state index contributed by atoms with van der Waals surface area (Å²) in [6.07, 6.45) is 3.43. The smallest absolute Gasteiger partial charge is 0.309 e. The van der Waals surface area contributed by atoms with Crippen LogP contribution in [-0.4, -0.2) is 62.7 Å². The molecule has 1 aromatic rings. The topological polar surface area (TPSA) is 70.1 Å². The molecule has 146 valence electrons. The van der Waals surface area contributed by atoms with E-state index in [1.807, 2.05) is 38.2 Å². The lowest BCUT2D eigenvalue weighted by molar-refractivity contribution is -0.149. The largest absolute Gasteiger partial charge is 0.466 e. The highest BCUT2D eigenvalue weighted by molar-refractivity contribution is 14.0. The summed E-state index contributed by atoms with van der Waals surface area (Å²) >= 11 is 0. The van der Waals surface area contributed by atoms with Gasteiger partial charge < -0.3 is 19.9 Å². The lowest BCUT2D eigenvalue weighted by Gasteiger charge is -2.33. The van der Waals surface area contributed by atoms with Crippen molar-refractivity contribution in [2.24, 2.45) is 10.9 Å².